The molecule has 0 saturated heterocycles. The first-order chi connectivity index (χ1) is 12.0. The Morgan fingerprint density at radius 1 is 1.04 bits per heavy atom. The molecule has 27 heavy (non-hydrogen) atoms. The molecule has 0 aromatic heterocycles. The van der Waals surface area contributed by atoms with Crippen LogP contribution in [0.1, 0.15) is 13.0 Å². The molecular weight excluding hydrogens is 390 g/mol. The van der Waals surface area contributed by atoms with Crippen molar-refractivity contribution in [2.75, 3.05) is 29.5 Å². The molecule has 0 aliphatic carbocycles. The molecule has 3 rings (SSSR count). The van der Waals surface area contributed by atoms with Gasteiger partial charge in [-0.2, -0.15) is 8.42 Å². The van der Waals surface area contributed by atoms with Gasteiger partial charge in [-0.3, -0.25) is 4.31 Å². The van der Waals surface area contributed by atoms with E-state index in [-0.39, 0.29) is 13.2 Å². The van der Waals surface area contributed by atoms with Crippen LogP contribution in [-0.4, -0.2) is 30.9 Å². The number of anilines is 3. The number of nitrogens with zero attached hydrogens (tertiary/aromatic N) is 1. The highest BCUT2D eigenvalue weighted by molar-refractivity contribution is 7.92. The van der Waals surface area contributed by atoms with E-state index in [1.54, 1.807) is 7.05 Å². The largest absolute Gasteiger partial charge is 0.397 e. The van der Waals surface area contributed by atoms with E-state index in [9.17, 15) is 16.8 Å². The van der Waals surface area contributed by atoms with Crippen LogP contribution >= 0.6 is 0 Å². The quantitative estimate of drug-likeness (QED) is 0.507. The predicted molar refractivity (Wildman–Crippen MR) is 112 cm³/mol. The summed E-state index contributed by atoms with van der Waals surface area (Å²) in [5.74, 6) is 0.139. The van der Waals surface area contributed by atoms with E-state index in [4.69, 9.17) is 5.73 Å². The fraction of sp³-hybridized carbons (Fsp3) is 0.250. The first kappa shape index (κ1) is 24.7. The highest BCUT2D eigenvalue weighted by atomic mass is 32.2. The molecule has 2 aromatic carbocycles. The van der Waals surface area contributed by atoms with Crippen molar-refractivity contribution in [3.05, 3.63) is 54.1 Å². The molecule has 0 radical (unpaired) electrons. The average molecular weight is 418 g/mol. The Labute approximate surface area is 161 Å². The van der Waals surface area contributed by atoms with Crippen LogP contribution in [0, 0.1) is 0 Å². The lowest BCUT2D eigenvalue weighted by atomic mass is 10.2. The minimum Gasteiger partial charge on any atom is -0.397 e. The number of sulfonamides is 1. The molecule has 0 atom stereocenters. The van der Waals surface area contributed by atoms with Crippen molar-refractivity contribution < 1.29 is 16.8 Å². The number of para-hydroxylation sites is 3. The van der Waals surface area contributed by atoms with E-state index in [1.807, 2.05) is 55.6 Å². The molecule has 1 aliphatic rings. The maximum Gasteiger partial charge on any atom is 0.271 e. The van der Waals surface area contributed by atoms with Crippen molar-refractivity contribution in [1.29, 1.82) is 0 Å². The number of rotatable bonds is 1. The van der Waals surface area contributed by atoms with Gasteiger partial charge in [-0.25, -0.2) is 18.7 Å². The Bertz CT molecular complexity index is 939. The fourth-order valence-corrected chi connectivity index (χ4v) is 3.42. The van der Waals surface area contributed by atoms with Gasteiger partial charge in [-0.05, 0) is 23.8 Å². The highest BCUT2D eigenvalue weighted by Gasteiger charge is 2.28. The number of hydrogen-bond donors (Lipinski definition) is 4. The van der Waals surface area contributed by atoms with E-state index in [1.165, 1.54) is 4.31 Å². The maximum atomic E-state index is 11.3. The molecule has 9 nitrogen and oxygen atoms in total. The van der Waals surface area contributed by atoms with Gasteiger partial charge in [0.15, 0.2) is 0 Å². The molecule has 0 amide bonds. The van der Waals surface area contributed by atoms with E-state index in [0.717, 1.165) is 22.6 Å². The number of nitrogens with one attached hydrogen (secondary N) is 1. The van der Waals surface area contributed by atoms with Crippen LogP contribution < -0.4 is 25.6 Å². The summed E-state index contributed by atoms with van der Waals surface area (Å²) in [6, 6.07) is 15.0. The average Bonchev–Trinajstić information content (AvgIpc) is 2.77. The van der Waals surface area contributed by atoms with Gasteiger partial charge >= 0.3 is 0 Å². The molecule has 0 saturated carbocycles. The second-order valence-corrected chi connectivity index (χ2v) is 8.46. The van der Waals surface area contributed by atoms with Crippen molar-refractivity contribution in [3.63, 3.8) is 0 Å². The molecule has 0 unspecified atom stereocenters. The number of nitrogen functional groups attached to an aromatic ring is 1. The topological polar surface area (TPSA) is 162 Å². The van der Waals surface area contributed by atoms with Crippen LogP contribution in [0.25, 0.3) is 0 Å². The minimum absolute atomic E-state index is 0. The molecule has 152 valence electrons. The summed E-state index contributed by atoms with van der Waals surface area (Å²) in [4.78, 5) is 0. The molecule has 1 aliphatic heterocycles. The molecule has 2 aromatic rings. The Morgan fingerprint density at radius 3 is 1.96 bits per heavy atom. The zero-order chi connectivity index (χ0) is 20.0. The summed E-state index contributed by atoms with van der Waals surface area (Å²) in [5.41, 5.74) is 9.04. The van der Waals surface area contributed by atoms with E-state index in [2.05, 4.69) is 15.6 Å². The lowest BCUT2D eigenvalue weighted by Crippen LogP contribution is -2.21. The minimum atomic E-state index is -3.67. The second kappa shape index (κ2) is 10.1. The standard InChI is InChI=1S/C8H9NO2S.C7H10N2.CH4.H4N2O2S/c1-9-8-5-3-2-4-7(8)6-12(9,10)11;1-9-7-5-3-2-4-6(7)8;;1-5(2,3)4/h2-5H,6H2,1H3;2-5,9H,8H2,1H3;1H4;(H4,1,2,3,4). The first-order valence-electron chi connectivity index (χ1n) is 7.33. The smallest absolute Gasteiger partial charge is 0.271 e. The van der Waals surface area contributed by atoms with Crippen molar-refractivity contribution in [2.45, 2.75) is 13.2 Å². The molecule has 1 heterocycles. The molecule has 0 spiro atoms. The predicted octanol–water partition coefficient (Wildman–Crippen LogP) is 1.06. The Hall–Kier alpha value is -2.34. The van der Waals surface area contributed by atoms with Crippen molar-refractivity contribution >= 4 is 37.3 Å². The Kier molecular flexibility index (Phi) is 9.24. The number of benzene rings is 2. The van der Waals surface area contributed by atoms with E-state index >= 15 is 0 Å². The lowest BCUT2D eigenvalue weighted by molar-refractivity contribution is 0.595. The first-order valence-corrected chi connectivity index (χ1v) is 10.5. The van der Waals surface area contributed by atoms with Crippen LogP contribution in [0.2, 0.25) is 0 Å². The summed E-state index contributed by atoms with van der Waals surface area (Å²) < 4.78 is 42.4. The summed E-state index contributed by atoms with van der Waals surface area (Å²) >= 11 is 0. The summed E-state index contributed by atoms with van der Waals surface area (Å²) in [7, 11) is -3.28. The van der Waals surface area contributed by atoms with E-state index in [0.29, 0.717) is 0 Å². The Morgan fingerprint density at radius 2 is 1.52 bits per heavy atom. The number of fused-ring (bicyclic) bond motifs is 1. The highest BCUT2D eigenvalue weighted by Crippen LogP contribution is 2.31. The van der Waals surface area contributed by atoms with Gasteiger partial charge in [0.1, 0.15) is 0 Å². The zero-order valence-corrected chi connectivity index (χ0v) is 16.1. The van der Waals surface area contributed by atoms with Gasteiger partial charge in [0.25, 0.3) is 10.2 Å². The van der Waals surface area contributed by atoms with Gasteiger partial charge < -0.3 is 11.1 Å². The SMILES string of the molecule is C.CN1c2ccccc2CS1(=O)=O.CNc1ccccc1N.NS(N)(=O)=O. The third-order valence-corrected chi connectivity index (χ3v) is 5.02. The third-order valence-electron chi connectivity index (χ3n) is 3.32. The van der Waals surface area contributed by atoms with Gasteiger partial charge in [0, 0.05) is 14.1 Å². The molecule has 0 fully saturated rings. The molecular formula is C16H27N5O4S2. The van der Waals surface area contributed by atoms with Crippen LogP contribution in [0.3, 0.4) is 0 Å². The monoisotopic (exact) mass is 417 g/mol. The van der Waals surface area contributed by atoms with Crippen LogP contribution in [-0.2, 0) is 26.0 Å². The molecule has 7 N–H and O–H groups in total. The zero-order valence-electron chi connectivity index (χ0n) is 14.5. The van der Waals surface area contributed by atoms with Crippen molar-refractivity contribution in [3.8, 4) is 0 Å². The molecule has 11 heteroatoms. The van der Waals surface area contributed by atoms with Gasteiger partial charge in [-0.15, -0.1) is 0 Å². The number of hydrogen-bond acceptors (Lipinski definition) is 6. The van der Waals surface area contributed by atoms with Crippen LogP contribution in [0.5, 0.6) is 0 Å². The number of nitrogens with two attached hydrogens (primary N) is 3. The van der Waals surface area contributed by atoms with Crippen molar-refractivity contribution in [1.82, 2.24) is 0 Å². The fourth-order valence-electron chi connectivity index (χ4n) is 2.11. The third kappa shape index (κ3) is 8.26. The lowest BCUT2D eigenvalue weighted by Gasteiger charge is -2.09. The van der Waals surface area contributed by atoms with Crippen LogP contribution in [0.15, 0.2) is 48.5 Å². The van der Waals surface area contributed by atoms with E-state index < -0.39 is 20.2 Å². The van der Waals surface area contributed by atoms with Gasteiger partial charge in [-0.1, -0.05) is 37.8 Å². The molecule has 0 bridgehead atoms. The maximum absolute atomic E-state index is 11.3. The second-order valence-electron chi connectivity index (χ2n) is 5.28. The summed E-state index contributed by atoms with van der Waals surface area (Å²) in [6.07, 6.45) is 0. The van der Waals surface area contributed by atoms with Crippen molar-refractivity contribution in [2.24, 2.45) is 10.3 Å². The normalized spacial score (nSPS) is 13.7. The summed E-state index contributed by atoms with van der Waals surface area (Å²) in [5, 5.41) is 11.2. The van der Waals surface area contributed by atoms with Gasteiger partial charge in [0.2, 0.25) is 10.0 Å². The van der Waals surface area contributed by atoms with Gasteiger partial charge in [0.05, 0.1) is 22.8 Å². The van der Waals surface area contributed by atoms with Crippen LogP contribution in [0.4, 0.5) is 17.1 Å². The summed E-state index contributed by atoms with van der Waals surface area (Å²) in [6.45, 7) is 0. The Balaban J connectivity index is 0.000000403.